The molecule has 0 aliphatic heterocycles. The van der Waals surface area contributed by atoms with Crippen molar-refractivity contribution in [3.63, 3.8) is 0 Å². The Morgan fingerprint density at radius 2 is 1.79 bits per heavy atom. The third-order valence-electron chi connectivity index (χ3n) is 4.39. The maximum absolute atomic E-state index is 12.4. The average molecular weight is 391 g/mol. The molecule has 2 heterocycles. The van der Waals surface area contributed by atoms with Crippen LogP contribution in [0.15, 0.2) is 55.0 Å². The normalized spacial score (nSPS) is 10.4. The molecule has 7 nitrogen and oxygen atoms in total. The number of Topliss-reactive ketones (excluding diaryl/α,β-unsaturated/α-hetero) is 1. The number of nitrogens with zero attached hydrogens (tertiary/aromatic N) is 3. The summed E-state index contributed by atoms with van der Waals surface area (Å²) in [4.78, 5) is 37.1. The summed E-state index contributed by atoms with van der Waals surface area (Å²) in [6.45, 7) is 3.83. The molecule has 1 aromatic carbocycles. The van der Waals surface area contributed by atoms with Crippen molar-refractivity contribution < 1.29 is 11.0 Å². The predicted molar refractivity (Wildman–Crippen MR) is 115 cm³/mol. The van der Waals surface area contributed by atoms with Gasteiger partial charge in [-0.2, -0.15) is 0 Å². The van der Waals surface area contributed by atoms with Gasteiger partial charge in [-0.25, -0.2) is 9.97 Å². The van der Waals surface area contributed by atoms with Crippen LogP contribution in [0.3, 0.4) is 0 Å². The van der Waals surface area contributed by atoms with Crippen LogP contribution < -0.4 is 10.6 Å². The second kappa shape index (κ2) is 9.54. The maximum atomic E-state index is 12.4. The minimum Gasteiger partial charge on any atom is -0.345 e. The fourth-order valence-electron chi connectivity index (χ4n) is 2.82. The van der Waals surface area contributed by atoms with Gasteiger partial charge in [0.2, 0.25) is 11.9 Å². The number of carbonyl (C=O) groups is 2. The van der Waals surface area contributed by atoms with E-state index in [1.54, 1.807) is 37.6 Å². The number of aryl methyl sites for hydroxylation is 1. The van der Waals surface area contributed by atoms with Crippen LogP contribution in [0.5, 0.6) is 0 Å². The summed E-state index contributed by atoms with van der Waals surface area (Å²) >= 11 is 0. The van der Waals surface area contributed by atoms with Crippen molar-refractivity contribution in [3.8, 4) is 11.1 Å². The van der Waals surface area contributed by atoms with E-state index in [9.17, 15) is 9.59 Å². The molecule has 29 heavy (non-hydrogen) atoms. The number of amides is 1. The first-order chi connectivity index (χ1) is 14.1. The highest BCUT2D eigenvalue weighted by Gasteiger charge is 2.15. The zero-order valence-electron chi connectivity index (χ0n) is 16.5. The molecule has 2 aromatic heterocycles. The fraction of sp³-hybridized carbons (Fsp3) is 0.227. The van der Waals surface area contributed by atoms with Crippen molar-refractivity contribution in [1.29, 1.82) is 0 Å². The van der Waals surface area contributed by atoms with E-state index in [2.05, 4.69) is 44.6 Å². The number of carbonyl (C=O) groups excluding carboxylic acids is 2. The molecule has 0 bridgehead atoms. The van der Waals surface area contributed by atoms with Gasteiger partial charge in [-0.1, -0.05) is 38.1 Å². The summed E-state index contributed by atoms with van der Waals surface area (Å²) < 4.78 is 0. The SMILES string of the molecule is CCC(=O)c1ncc(-c2cccc(CC)c2)cc1NC(=O)CNc1ncccn1.[HH]. The van der Waals surface area contributed by atoms with Gasteiger partial charge in [-0.15, -0.1) is 0 Å². The molecule has 2 N–H and O–H groups in total. The van der Waals surface area contributed by atoms with E-state index >= 15 is 0 Å². The molecule has 0 saturated heterocycles. The van der Waals surface area contributed by atoms with Crippen molar-refractivity contribution in [2.24, 2.45) is 0 Å². The molecule has 1 amide bonds. The van der Waals surface area contributed by atoms with Crippen LogP contribution in [0.4, 0.5) is 11.6 Å². The summed E-state index contributed by atoms with van der Waals surface area (Å²) in [5.74, 6) is -0.0897. The molecule has 0 saturated carbocycles. The number of hydrogen-bond acceptors (Lipinski definition) is 6. The van der Waals surface area contributed by atoms with Crippen molar-refractivity contribution in [2.45, 2.75) is 26.7 Å². The third-order valence-corrected chi connectivity index (χ3v) is 4.39. The largest absolute Gasteiger partial charge is 0.345 e. The zero-order chi connectivity index (χ0) is 20.6. The molecule has 0 unspecified atom stereocenters. The molecule has 0 aliphatic rings. The van der Waals surface area contributed by atoms with E-state index in [1.807, 2.05) is 12.1 Å². The average Bonchev–Trinajstić information content (AvgIpc) is 2.78. The molecule has 3 aromatic rings. The van der Waals surface area contributed by atoms with Crippen LogP contribution in [-0.4, -0.2) is 33.2 Å². The number of ketones is 1. The number of nitrogens with one attached hydrogen (secondary N) is 2. The summed E-state index contributed by atoms with van der Waals surface area (Å²) in [6.07, 6.45) is 6.07. The number of aromatic nitrogens is 3. The Morgan fingerprint density at radius 3 is 2.52 bits per heavy atom. The molecule has 0 radical (unpaired) electrons. The van der Waals surface area contributed by atoms with Gasteiger partial charge in [0.25, 0.3) is 0 Å². The number of anilines is 2. The molecule has 0 atom stereocenters. The molecule has 0 aliphatic carbocycles. The van der Waals surface area contributed by atoms with Gasteiger partial charge < -0.3 is 10.6 Å². The standard InChI is InChI=1S/C22H23N5O2.H2/c1-3-15-7-5-8-16(11-15)17-12-18(21(25-13-17)19(28)4-2)27-20(29)14-26-22-23-9-6-10-24-22;/h5-13H,3-4,14H2,1-2H3,(H,27,29)(H,23,24,26);1H. The lowest BCUT2D eigenvalue weighted by atomic mass is 10.0. The van der Waals surface area contributed by atoms with E-state index < -0.39 is 0 Å². The molecule has 3 rings (SSSR count). The Labute approximate surface area is 171 Å². The Bertz CT molecular complexity index is 1010. The van der Waals surface area contributed by atoms with E-state index in [4.69, 9.17) is 0 Å². The van der Waals surface area contributed by atoms with E-state index in [0.717, 1.165) is 17.5 Å². The minimum absolute atomic E-state index is 0. The zero-order valence-corrected chi connectivity index (χ0v) is 16.5. The molecule has 0 fully saturated rings. The topological polar surface area (TPSA) is 96.9 Å². The van der Waals surface area contributed by atoms with E-state index in [1.165, 1.54) is 5.56 Å². The summed E-state index contributed by atoms with van der Waals surface area (Å²) in [5, 5.41) is 5.64. The van der Waals surface area contributed by atoms with Crippen LogP contribution in [0.1, 0.15) is 37.7 Å². The lowest BCUT2D eigenvalue weighted by molar-refractivity contribution is -0.114. The smallest absolute Gasteiger partial charge is 0.243 e. The Balaban J connectivity index is 0.00000320. The van der Waals surface area contributed by atoms with Gasteiger partial charge in [0.15, 0.2) is 5.78 Å². The fourth-order valence-corrected chi connectivity index (χ4v) is 2.82. The first-order valence-corrected chi connectivity index (χ1v) is 9.54. The molecule has 0 spiro atoms. The Hall–Kier alpha value is -3.61. The van der Waals surface area contributed by atoms with Gasteiger partial charge in [0.1, 0.15) is 5.69 Å². The van der Waals surface area contributed by atoms with Crippen molar-refractivity contribution >= 4 is 23.3 Å². The van der Waals surface area contributed by atoms with Crippen molar-refractivity contribution in [1.82, 2.24) is 15.0 Å². The minimum atomic E-state index is -0.316. The Kier molecular flexibility index (Phi) is 6.63. The number of hydrogen-bond donors (Lipinski definition) is 2. The molecule has 150 valence electrons. The molecular weight excluding hydrogens is 366 g/mol. The molecular formula is C22H25N5O2. The van der Waals surface area contributed by atoms with E-state index in [0.29, 0.717) is 18.1 Å². The number of pyridine rings is 1. The van der Waals surface area contributed by atoms with Crippen LogP contribution in [0.25, 0.3) is 11.1 Å². The van der Waals surface area contributed by atoms with Gasteiger partial charge in [0.05, 0.1) is 12.2 Å². The van der Waals surface area contributed by atoms with Crippen LogP contribution in [0.2, 0.25) is 0 Å². The van der Waals surface area contributed by atoms with Gasteiger partial charge in [0, 0.05) is 32.0 Å². The second-order valence-electron chi connectivity index (χ2n) is 6.42. The Morgan fingerprint density at radius 1 is 1.00 bits per heavy atom. The van der Waals surface area contributed by atoms with Gasteiger partial charge in [-0.05, 0) is 29.7 Å². The maximum Gasteiger partial charge on any atom is 0.243 e. The summed E-state index contributed by atoms with van der Waals surface area (Å²) in [7, 11) is 0. The van der Waals surface area contributed by atoms with Gasteiger partial charge in [-0.3, -0.25) is 14.6 Å². The first-order valence-electron chi connectivity index (χ1n) is 9.54. The second-order valence-corrected chi connectivity index (χ2v) is 6.42. The summed E-state index contributed by atoms with van der Waals surface area (Å²) in [6, 6.07) is 11.6. The van der Waals surface area contributed by atoms with E-state index in [-0.39, 0.29) is 25.4 Å². The lowest BCUT2D eigenvalue weighted by Gasteiger charge is -2.12. The van der Waals surface area contributed by atoms with Crippen LogP contribution in [-0.2, 0) is 11.2 Å². The number of benzene rings is 1. The highest BCUT2D eigenvalue weighted by Crippen LogP contribution is 2.26. The predicted octanol–water partition coefficient (Wildman–Crippen LogP) is 3.99. The van der Waals surface area contributed by atoms with Crippen molar-refractivity contribution in [3.05, 3.63) is 66.2 Å². The van der Waals surface area contributed by atoms with Crippen LogP contribution >= 0.6 is 0 Å². The van der Waals surface area contributed by atoms with Gasteiger partial charge >= 0.3 is 0 Å². The van der Waals surface area contributed by atoms with Crippen LogP contribution in [0, 0.1) is 0 Å². The quantitative estimate of drug-likeness (QED) is 0.564. The third kappa shape index (κ3) is 5.22. The van der Waals surface area contributed by atoms with Crippen molar-refractivity contribution in [2.75, 3.05) is 17.2 Å². The highest BCUT2D eigenvalue weighted by molar-refractivity contribution is 6.04. The molecule has 7 heteroatoms. The lowest BCUT2D eigenvalue weighted by Crippen LogP contribution is -2.24. The first kappa shape index (κ1) is 20.1. The highest BCUT2D eigenvalue weighted by atomic mass is 16.2. The number of rotatable bonds is 8. The monoisotopic (exact) mass is 391 g/mol. The summed E-state index contributed by atoms with van der Waals surface area (Å²) in [5.41, 5.74) is 3.68.